The molecule has 5 atom stereocenters. The molecule has 0 N–H and O–H groups in total. The van der Waals surface area contributed by atoms with Crippen LogP contribution in [0.15, 0.2) is 41.7 Å². The number of hydrogen-bond acceptors (Lipinski definition) is 2. The van der Waals surface area contributed by atoms with Crippen LogP contribution in [0.4, 0.5) is 0 Å². The second-order valence-corrected chi connectivity index (χ2v) is 9.91. The van der Waals surface area contributed by atoms with Gasteiger partial charge in [-0.3, -0.25) is 9.78 Å². The van der Waals surface area contributed by atoms with Gasteiger partial charge in [-0.1, -0.05) is 31.6 Å². The zero-order chi connectivity index (χ0) is 18.8. The second kappa shape index (κ2) is 5.90. The summed E-state index contributed by atoms with van der Waals surface area (Å²) in [5.41, 5.74) is 6.04. The maximum Gasteiger partial charge on any atom is 0.158 e. The molecule has 2 fully saturated rings. The maximum absolute atomic E-state index is 12.3. The number of fused-ring (bicyclic) bond motifs is 5. The van der Waals surface area contributed by atoms with E-state index >= 15 is 0 Å². The first-order valence-corrected chi connectivity index (χ1v) is 10.8. The van der Waals surface area contributed by atoms with Crippen LogP contribution in [0.5, 0.6) is 0 Å². The minimum Gasteiger partial charge on any atom is -0.295 e. The smallest absolute Gasteiger partial charge is 0.158 e. The van der Waals surface area contributed by atoms with E-state index in [1.54, 1.807) is 5.57 Å². The summed E-state index contributed by atoms with van der Waals surface area (Å²) in [6, 6.07) is 4.30. The Morgan fingerprint density at radius 3 is 2.70 bits per heavy atom. The molecule has 5 rings (SSSR count). The van der Waals surface area contributed by atoms with Crippen LogP contribution in [0.2, 0.25) is 0 Å². The molecular formula is C25H31NO. The van der Waals surface area contributed by atoms with Gasteiger partial charge < -0.3 is 0 Å². The third kappa shape index (κ3) is 2.31. The van der Waals surface area contributed by atoms with Crippen LogP contribution in [0.25, 0.3) is 5.57 Å². The van der Waals surface area contributed by atoms with Crippen LogP contribution in [0.3, 0.4) is 0 Å². The molecule has 0 spiro atoms. The van der Waals surface area contributed by atoms with Crippen molar-refractivity contribution in [3.8, 4) is 0 Å². The number of carbonyl (C=O) groups is 1. The summed E-state index contributed by atoms with van der Waals surface area (Å²) in [5.74, 6) is 2.71. The van der Waals surface area contributed by atoms with Gasteiger partial charge in [0, 0.05) is 18.8 Å². The lowest BCUT2D eigenvalue weighted by atomic mass is 9.46. The number of ketones is 1. The maximum atomic E-state index is 12.3. The topological polar surface area (TPSA) is 30.0 Å². The van der Waals surface area contributed by atoms with Gasteiger partial charge >= 0.3 is 0 Å². The number of aromatic nitrogens is 1. The number of Topliss-reactive ketones (excluding diaryl/α,β-unsaturated/α-hetero) is 1. The Morgan fingerprint density at radius 1 is 1.07 bits per heavy atom. The van der Waals surface area contributed by atoms with E-state index in [-0.39, 0.29) is 5.41 Å². The fourth-order valence-electron chi connectivity index (χ4n) is 7.52. The highest BCUT2D eigenvalue weighted by Crippen LogP contribution is 2.67. The van der Waals surface area contributed by atoms with Gasteiger partial charge in [-0.25, -0.2) is 0 Å². The third-order valence-corrected chi connectivity index (χ3v) is 8.97. The number of pyridine rings is 1. The van der Waals surface area contributed by atoms with Crippen molar-refractivity contribution in [1.29, 1.82) is 0 Å². The molecule has 4 aliphatic carbocycles. The average Bonchev–Trinajstić information content (AvgIpc) is 3.03. The summed E-state index contributed by atoms with van der Waals surface area (Å²) in [5, 5.41) is 0. The van der Waals surface area contributed by atoms with Crippen LogP contribution in [-0.2, 0) is 4.79 Å². The molecule has 2 saturated carbocycles. The predicted molar refractivity (Wildman–Crippen MR) is 109 cm³/mol. The van der Waals surface area contributed by atoms with E-state index in [1.165, 1.54) is 36.8 Å². The molecule has 0 bridgehead atoms. The SMILES string of the molecule is CC1=C2CC[C@@H]3[C@H](CC[C@]4(C)C(c5cccnc5)=CC[C@@H]34)[C@@]2(C)CCC1=O. The fourth-order valence-corrected chi connectivity index (χ4v) is 7.52. The van der Waals surface area contributed by atoms with Crippen molar-refractivity contribution < 1.29 is 4.79 Å². The molecule has 142 valence electrons. The van der Waals surface area contributed by atoms with Gasteiger partial charge in [-0.15, -0.1) is 0 Å². The molecule has 0 unspecified atom stereocenters. The van der Waals surface area contributed by atoms with Crippen molar-refractivity contribution in [3.05, 3.63) is 47.3 Å². The first-order valence-electron chi connectivity index (χ1n) is 10.8. The van der Waals surface area contributed by atoms with E-state index in [1.807, 2.05) is 12.4 Å². The molecule has 0 aromatic carbocycles. The van der Waals surface area contributed by atoms with Gasteiger partial charge in [-0.05, 0) is 96.8 Å². The van der Waals surface area contributed by atoms with Crippen molar-refractivity contribution >= 4 is 11.4 Å². The summed E-state index contributed by atoms with van der Waals surface area (Å²) in [6.45, 7) is 7.10. The molecule has 1 aromatic rings. The Kier molecular flexibility index (Phi) is 3.80. The molecule has 0 amide bonds. The molecule has 1 heterocycles. The Hall–Kier alpha value is -1.70. The summed E-state index contributed by atoms with van der Waals surface area (Å²) in [6.07, 6.45) is 14.5. The number of hydrogen-bond donors (Lipinski definition) is 0. The van der Waals surface area contributed by atoms with Gasteiger partial charge in [-0.2, -0.15) is 0 Å². The largest absolute Gasteiger partial charge is 0.295 e. The van der Waals surface area contributed by atoms with E-state index in [2.05, 4.69) is 44.0 Å². The molecule has 4 aliphatic rings. The highest BCUT2D eigenvalue weighted by atomic mass is 16.1. The third-order valence-electron chi connectivity index (χ3n) is 8.97. The van der Waals surface area contributed by atoms with Crippen LogP contribution in [0.1, 0.15) is 71.3 Å². The van der Waals surface area contributed by atoms with Gasteiger partial charge in [0.2, 0.25) is 0 Å². The Labute approximate surface area is 163 Å². The zero-order valence-corrected chi connectivity index (χ0v) is 16.9. The molecule has 0 aliphatic heterocycles. The normalized spacial score (nSPS) is 40.9. The molecular weight excluding hydrogens is 330 g/mol. The Bertz CT molecular complexity index is 850. The van der Waals surface area contributed by atoms with E-state index < -0.39 is 0 Å². The molecule has 0 saturated heterocycles. The highest BCUT2D eigenvalue weighted by Gasteiger charge is 2.57. The molecule has 27 heavy (non-hydrogen) atoms. The van der Waals surface area contributed by atoms with E-state index in [0.29, 0.717) is 11.2 Å². The molecule has 0 radical (unpaired) electrons. The lowest BCUT2D eigenvalue weighted by Crippen LogP contribution is -2.50. The van der Waals surface area contributed by atoms with Gasteiger partial charge in [0.1, 0.15) is 0 Å². The first kappa shape index (κ1) is 17.4. The first-order chi connectivity index (χ1) is 12.9. The van der Waals surface area contributed by atoms with Crippen LogP contribution in [-0.4, -0.2) is 10.8 Å². The standard InChI is InChI=1S/C25H31NO/c1-16-19-7-6-18-21-9-8-20(17-5-4-14-26-15-17)25(21,3)12-10-22(18)24(19,2)13-11-23(16)27/h4-5,8,14-15,18,21-22H,6-7,9-13H2,1-3H3/t18-,21-,22-,24-,25+/m0/s1. The highest BCUT2D eigenvalue weighted by molar-refractivity contribution is 5.96. The average molecular weight is 362 g/mol. The number of carbonyl (C=O) groups excluding carboxylic acids is 1. The lowest BCUT2D eigenvalue weighted by molar-refractivity contribution is -0.118. The molecule has 2 heteroatoms. The Morgan fingerprint density at radius 2 is 1.93 bits per heavy atom. The lowest BCUT2D eigenvalue weighted by Gasteiger charge is -2.58. The van der Waals surface area contributed by atoms with E-state index in [0.717, 1.165) is 42.6 Å². The Balaban J connectivity index is 1.49. The fraction of sp³-hybridized carbons (Fsp3) is 0.600. The number of allylic oxidation sites excluding steroid dienone is 4. The summed E-state index contributed by atoms with van der Waals surface area (Å²) < 4.78 is 0. The monoisotopic (exact) mass is 361 g/mol. The van der Waals surface area contributed by atoms with Crippen molar-refractivity contribution in [2.75, 3.05) is 0 Å². The van der Waals surface area contributed by atoms with Gasteiger partial charge in [0.25, 0.3) is 0 Å². The summed E-state index contributed by atoms with van der Waals surface area (Å²) >= 11 is 0. The molecule has 2 nitrogen and oxygen atoms in total. The van der Waals surface area contributed by atoms with Crippen molar-refractivity contribution in [1.82, 2.24) is 4.98 Å². The van der Waals surface area contributed by atoms with Gasteiger partial charge in [0.05, 0.1) is 0 Å². The minimum absolute atomic E-state index is 0.263. The quantitative estimate of drug-likeness (QED) is 0.614. The van der Waals surface area contributed by atoms with E-state index in [4.69, 9.17) is 0 Å². The zero-order valence-electron chi connectivity index (χ0n) is 16.9. The second-order valence-electron chi connectivity index (χ2n) is 9.91. The summed E-state index contributed by atoms with van der Waals surface area (Å²) in [7, 11) is 0. The molecule has 1 aromatic heterocycles. The van der Waals surface area contributed by atoms with Crippen LogP contribution in [0, 0.1) is 28.6 Å². The van der Waals surface area contributed by atoms with Gasteiger partial charge in [0.15, 0.2) is 5.78 Å². The number of rotatable bonds is 1. The number of nitrogens with zero attached hydrogens (tertiary/aromatic N) is 1. The van der Waals surface area contributed by atoms with Crippen LogP contribution >= 0.6 is 0 Å². The van der Waals surface area contributed by atoms with Crippen molar-refractivity contribution in [2.45, 2.75) is 65.7 Å². The van der Waals surface area contributed by atoms with Crippen molar-refractivity contribution in [2.24, 2.45) is 28.6 Å². The predicted octanol–water partition coefficient (Wildman–Crippen LogP) is 6.00. The van der Waals surface area contributed by atoms with Crippen molar-refractivity contribution in [3.63, 3.8) is 0 Å². The van der Waals surface area contributed by atoms with E-state index in [9.17, 15) is 4.79 Å². The minimum atomic E-state index is 0.263. The summed E-state index contributed by atoms with van der Waals surface area (Å²) in [4.78, 5) is 16.7. The van der Waals surface area contributed by atoms with Crippen LogP contribution < -0.4 is 0 Å².